The highest BCUT2D eigenvalue weighted by Gasteiger charge is 2.22. The average Bonchev–Trinajstić information content (AvgIpc) is 2.55. The Hall–Kier alpha value is -1.98. The number of hydrogen-bond donors (Lipinski definition) is 3. The van der Waals surface area contributed by atoms with Crippen LogP contribution in [-0.4, -0.2) is 28.8 Å². The second-order valence-electron chi connectivity index (χ2n) is 5.81. The largest absolute Gasteiger partial charge is 0.325 e. The normalized spacial score (nSPS) is 13.2. The number of nitrogens with two attached hydrogens (primary N) is 1. The molecule has 0 aliphatic heterocycles. The molecule has 0 aromatic heterocycles. The Kier molecular flexibility index (Phi) is 6.28. The van der Waals surface area contributed by atoms with Gasteiger partial charge in [-0.1, -0.05) is 17.7 Å². The van der Waals surface area contributed by atoms with Gasteiger partial charge in [0.25, 0.3) is 0 Å². The first-order chi connectivity index (χ1) is 12.4. The average molecular weight is 432 g/mol. The molecule has 0 aliphatic carbocycles. The molecule has 0 saturated heterocycles. The fraction of sp³-hybridized carbons (Fsp3) is 0.188. The summed E-state index contributed by atoms with van der Waals surface area (Å²) in [7, 11) is -7.89. The van der Waals surface area contributed by atoms with Gasteiger partial charge in [-0.3, -0.25) is 4.79 Å². The van der Waals surface area contributed by atoms with Gasteiger partial charge < -0.3 is 5.32 Å². The van der Waals surface area contributed by atoms with Crippen molar-refractivity contribution in [3.63, 3.8) is 0 Å². The van der Waals surface area contributed by atoms with Gasteiger partial charge in [-0.05, 0) is 55.8 Å². The molecule has 0 spiro atoms. The number of rotatable bonds is 6. The van der Waals surface area contributed by atoms with Crippen LogP contribution in [0.25, 0.3) is 0 Å². The van der Waals surface area contributed by atoms with Crippen molar-refractivity contribution in [2.45, 2.75) is 29.7 Å². The summed E-state index contributed by atoms with van der Waals surface area (Å²) in [5, 5.41) is 7.97. The molecule has 0 saturated carbocycles. The predicted octanol–water partition coefficient (Wildman–Crippen LogP) is 1.60. The van der Waals surface area contributed by atoms with E-state index < -0.39 is 32.0 Å². The molecule has 27 heavy (non-hydrogen) atoms. The van der Waals surface area contributed by atoms with E-state index in [1.807, 2.05) is 0 Å². The molecular formula is C16H18ClN3O5S2. The highest BCUT2D eigenvalue weighted by atomic mass is 35.5. The van der Waals surface area contributed by atoms with Gasteiger partial charge >= 0.3 is 0 Å². The lowest BCUT2D eigenvalue weighted by Gasteiger charge is -2.15. The van der Waals surface area contributed by atoms with Crippen molar-refractivity contribution in [3.05, 3.63) is 53.1 Å². The molecule has 1 amide bonds. The minimum absolute atomic E-state index is 0.0432. The second-order valence-corrected chi connectivity index (χ2v) is 9.49. The number of carbonyl (C=O) groups excluding carboxylic acids is 1. The minimum atomic E-state index is -3.95. The first-order valence-corrected chi connectivity index (χ1v) is 11.0. The molecule has 0 unspecified atom stereocenters. The van der Waals surface area contributed by atoms with Crippen LogP contribution in [0.15, 0.2) is 52.3 Å². The van der Waals surface area contributed by atoms with Crippen LogP contribution in [-0.2, 0) is 24.8 Å². The number of carbonyl (C=O) groups is 1. The van der Waals surface area contributed by atoms with E-state index in [-0.39, 0.29) is 15.5 Å². The fourth-order valence-corrected chi connectivity index (χ4v) is 4.34. The Bertz CT molecular complexity index is 1070. The molecule has 11 heteroatoms. The number of anilines is 1. The first-order valence-electron chi connectivity index (χ1n) is 7.62. The topological polar surface area (TPSA) is 135 Å². The summed E-state index contributed by atoms with van der Waals surface area (Å²) < 4.78 is 50.0. The number of primary sulfonamides is 1. The molecule has 8 nitrogen and oxygen atoms in total. The van der Waals surface area contributed by atoms with Crippen molar-refractivity contribution in [2.75, 3.05) is 5.32 Å². The summed E-state index contributed by atoms with van der Waals surface area (Å²) in [4.78, 5) is 12.1. The Labute approximate surface area is 162 Å². The fourth-order valence-electron chi connectivity index (χ4n) is 2.20. The van der Waals surface area contributed by atoms with Crippen LogP contribution in [0.3, 0.4) is 0 Å². The zero-order valence-electron chi connectivity index (χ0n) is 14.4. The quantitative estimate of drug-likeness (QED) is 0.638. The smallest absolute Gasteiger partial charge is 0.242 e. The standard InChI is InChI=1S/C16H18ClN3O5S2/c1-10-3-6-13(9-15(10)26(18,22)23)19-16(21)11(2)20-27(24,25)14-7-4-12(17)5-8-14/h3-9,11,20H,1-2H3,(H,19,21)(H2,18,22,23)/t11-/m0/s1. The molecule has 1 atom stereocenters. The van der Waals surface area contributed by atoms with Crippen molar-refractivity contribution in [2.24, 2.45) is 5.14 Å². The lowest BCUT2D eigenvalue weighted by Crippen LogP contribution is -2.41. The van der Waals surface area contributed by atoms with Gasteiger partial charge in [-0.2, -0.15) is 4.72 Å². The molecule has 0 fully saturated rings. The SMILES string of the molecule is Cc1ccc(NC(=O)[C@H](C)NS(=O)(=O)c2ccc(Cl)cc2)cc1S(N)(=O)=O. The summed E-state index contributed by atoms with van der Waals surface area (Å²) in [6, 6.07) is 8.53. The van der Waals surface area contributed by atoms with Crippen LogP contribution in [0.4, 0.5) is 5.69 Å². The lowest BCUT2D eigenvalue weighted by atomic mass is 10.2. The van der Waals surface area contributed by atoms with Crippen LogP contribution in [0, 0.1) is 6.92 Å². The molecule has 0 aliphatic rings. The molecule has 0 heterocycles. The monoisotopic (exact) mass is 431 g/mol. The zero-order valence-corrected chi connectivity index (χ0v) is 16.8. The van der Waals surface area contributed by atoms with Crippen molar-refractivity contribution in [1.82, 2.24) is 4.72 Å². The number of halogens is 1. The van der Waals surface area contributed by atoms with E-state index >= 15 is 0 Å². The van der Waals surface area contributed by atoms with Gasteiger partial charge in [0.05, 0.1) is 15.8 Å². The zero-order chi connectivity index (χ0) is 20.4. The second kappa shape index (κ2) is 7.95. The van der Waals surface area contributed by atoms with E-state index in [1.165, 1.54) is 49.4 Å². The Balaban J connectivity index is 2.15. The molecule has 4 N–H and O–H groups in total. The van der Waals surface area contributed by atoms with Gasteiger partial charge in [0, 0.05) is 10.7 Å². The first kappa shape index (κ1) is 21.3. The molecule has 2 aromatic rings. The summed E-state index contributed by atoms with van der Waals surface area (Å²) in [6.45, 7) is 2.92. The van der Waals surface area contributed by atoms with Crippen LogP contribution >= 0.6 is 11.6 Å². The molecular weight excluding hydrogens is 414 g/mol. The Morgan fingerprint density at radius 2 is 1.67 bits per heavy atom. The van der Waals surface area contributed by atoms with E-state index in [0.29, 0.717) is 10.6 Å². The number of amides is 1. The maximum absolute atomic E-state index is 12.3. The van der Waals surface area contributed by atoms with Gasteiger partial charge in [-0.25, -0.2) is 22.0 Å². The van der Waals surface area contributed by atoms with E-state index in [4.69, 9.17) is 16.7 Å². The summed E-state index contributed by atoms with van der Waals surface area (Å²) in [5.41, 5.74) is 0.596. The Morgan fingerprint density at radius 1 is 1.07 bits per heavy atom. The van der Waals surface area contributed by atoms with Crippen molar-refractivity contribution >= 4 is 43.2 Å². The Morgan fingerprint density at radius 3 is 2.22 bits per heavy atom. The third-order valence-electron chi connectivity index (χ3n) is 3.61. The van der Waals surface area contributed by atoms with Gasteiger partial charge in [0.1, 0.15) is 0 Å². The van der Waals surface area contributed by atoms with E-state index in [0.717, 1.165) is 0 Å². The van der Waals surface area contributed by atoms with Gasteiger partial charge in [-0.15, -0.1) is 0 Å². The minimum Gasteiger partial charge on any atom is -0.325 e. The predicted molar refractivity (Wildman–Crippen MR) is 102 cm³/mol. The number of aryl methyl sites for hydroxylation is 1. The van der Waals surface area contributed by atoms with Gasteiger partial charge in [0.15, 0.2) is 0 Å². The highest BCUT2D eigenvalue weighted by Crippen LogP contribution is 2.19. The van der Waals surface area contributed by atoms with E-state index in [1.54, 1.807) is 6.92 Å². The van der Waals surface area contributed by atoms with Crippen LogP contribution in [0.1, 0.15) is 12.5 Å². The van der Waals surface area contributed by atoms with E-state index in [9.17, 15) is 21.6 Å². The summed E-state index contributed by atoms with van der Waals surface area (Å²) >= 11 is 5.73. The highest BCUT2D eigenvalue weighted by molar-refractivity contribution is 7.89. The van der Waals surface area contributed by atoms with Crippen molar-refractivity contribution in [3.8, 4) is 0 Å². The summed E-state index contributed by atoms with van der Waals surface area (Å²) in [5.74, 6) is -0.670. The number of hydrogen-bond acceptors (Lipinski definition) is 5. The molecule has 0 bridgehead atoms. The third-order valence-corrected chi connectivity index (χ3v) is 6.47. The van der Waals surface area contributed by atoms with Gasteiger partial charge in [0.2, 0.25) is 26.0 Å². The number of sulfonamides is 2. The van der Waals surface area contributed by atoms with Crippen molar-refractivity contribution in [1.29, 1.82) is 0 Å². The van der Waals surface area contributed by atoms with E-state index in [2.05, 4.69) is 10.0 Å². The maximum Gasteiger partial charge on any atom is 0.242 e. The maximum atomic E-state index is 12.3. The van der Waals surface area contributed by atoms with Crippen LogP contribution in [0.5, 0.6) is 0 Å². The van der Waals surface area contributed by atoms with Crippen LogP contribution in [0.2, 0.25) is 5.02 Å². The molecule has 146 valence electrons. The van der Waals surface area contributed by atoms with Crippen molar-refractivity contribution < 1.29 is 21.6 Å². The lowest BCUT2D eigenvalue weighted by molar-refractivity contribution is -0.117. The molecule has 2 rings (SSSR count). The summed E-state index contributed by atoms with van der Waals surface area (Å²) in [6.07, 6.45) is 0. The number of nitrogens with one attached hydrogen (secondary N) is 2. The molecule has 0 radical (unpaired) electrons. The number of benzene rings is 2. The third kappa shape index (κ3) is 5.50. The van der Waals surface area contributed by atoms with Crippen LogP contribution < -0.4 is 15.2 Å². The molecule has 2 aromatic carbocycles.